The molecule has 1 aliphatic heterocycles. The van der Waals surface area contributed by atoms with Crippen molar-refractivity contribution >= 4 is 57.6 Å². The Kier molecular flexibility index (Phi) is 9.66. The number of nitro benzene ring substituents is 1. The van der Waals surface area contributed by atoms with Crippen LogP contribution in [0.1, 0.15) is 22.5 Å². The quantitative estimate of drug-likeness (QED) is 0.116. The Balaban J connectivity index is 1.49. The molecular formula is C28H26N4O8S. The van der Waals surface area contributed by atoms with Crippen molar-refractivity contribution in [2.24, 2.45) is 11.8 Å². The van der Waals surface area contributed by atoms with Gasteiger partial charge in [0.25, 0.3) is 5.69 Å². The van der Waals surface area contributed by atoms with Gasteiger partial charge in [-0.2, -0.15) is 0 Å². The van der Waals surface area contributed by atoms with Gasteiger partial charge in [-0.15, -0.1) is 0 Å². The van der Waals surface area contributed by atoms with Gasteiger partial charge in [-0.1, -0.05) is 30.9 Å². The van der Waals surface area contributed by atoms with Gasteiger partial charge in [-0.05, 0) is 67.5 Å². The molecule has 0 spiro atoms. The zero-order chi connectivity index (χ0) is 29.4. The number of thiocarbonyl (C=S) groups is 1. The van der Waals surface area contributed by atoms with Gasteiger partial charge < -0.3 is 24.8 Å². The van der Waals surface area contributed by atoms with E-state index in [1.807, 2.05) is 0 Å². The average Bonchev–Trinajstić information content (AvgIpc) is 3.49. The number of aromatic nitrogens is 1. The summed E-state index contributed by atoms with van der Waals surface area (Å²) < 4.78 is 15.5. The molecule has 1 aromatic heterocycles. The summed E-state index contributed by atoms with van der Waals surface area (Å²) in [5, 5.41) is 17.1. The van der Waals surface area contributed by atoms with Crippen LogP contribution in [0.2, 0.25) is 0 Å². The van der Waals surface area contributed by atoms with Crippen LogP contribution in [-0.2, 0) is 25.6 Å². The summed E-state index contributed by atoms with van der Waals surface area (Å²) in [5.74, 6) is -2.49. The standard InChI is InChI=1S/C28H26N4O8S/c1-2-13-38-26(34)23-14-22(20-5-3-4-6-21(20)30-23)31-25(33)24(18-11-12-29-15-18)27(41)40-28(35)39-16-17-7-9-19(10-8-17)32(36)37/h2-10,14,18,24,29H,1,11-13,15-16H2,(H,30,31,33)/t18-,24+/m1/s1. The van der Waals surface area contributed by atoms with Crippen molar-refractivity contribution < 1.29 is 33.5 Å². The van der Waals surface area contributed by atoms with Crippen LogP contribution in [-0.4, -0.2) is 52.7 Å². The second-order valence-electron chi connectivity index (χ2n) is 9.06. The highest BCUT2D eigenvalue weighted by atomic mass is 32.1. The van der Waals surface area contributed by atoms with Crippen molar-refractivity contribution in [2.45, 2.75) is 13.0 Å². The second kappa shape index (κ2) is 13.5. The molecular weight excluding hydrogens is 552 g/mol. The topological polar surface area (TPSA) is 159 Å². The number of nitrogens with zero attached hydrogens (tertiary/aromatic N) is 2. The van der Waals surface area contributed by atoms with E-state index in [1.54, 1.807) is 24.3 Å². The molecule has 41 heavy (non-hydrogen) atoms. The Morgan fingerprint density at radius 1 is 1.20 bits per heavy atom. The number of non-ortho nitro benzene ring substituents is 1. The number of carbonyl (C=O) groups excluding carboxylic acids is 3. The normalized spacial score (nSPS) is 15.0. The maximum Gasteiger partial charge on any atom is 0.514 e. The van der Waals surface area contributed by atoms with E-state index in [9.17, 15) is 24.5 Å². The third-order valence-corrected chi connectivity index (χ3v) is 6.65. The first-order valence-corrected chi connectivity index (χ1v) is 13.0. The minimum absolute atomic E-state index is 0.00229. The number of para-hydroxylation sites is 1. The SMILES string of the molecule is C=CCOC(=O)c1cc(NC(=O)[C@@H](C(=S)OC(=O)OCc2ccc([N+](=O)[O-])cc2)[C@@H]2CCNC2)c2ccccc2n1. The van der Waals surface area contributed by atoms with Crippen molar-refractivity contribution in [3.05, 3.63) is 88.6 Å². The lowest BCUT2D eigenvalue weighted by Gasteiger charge is -2.22. The predicted octanol–water partition coefficient (Wildman–Crippen LogP) is 4.33. The van der Waals surface area contributed by atoms with Crippen molar-refractivity contribution in [3.8, 4) is 0 Å². The monoisotopic (exact) mass is 578 g/mol. The molecule has 0 unspecified atom stereocenters. The minimum atomic E-state index is -1.11. The number of rotatable bonds is 10. The molecule has 2 heterocycles. The van der Waals surface area contributed by atoms with Gasteiger partial charge in [0, 0.05) is 17.5 Å². The number of ether oxygens (including phenoxy) is 3. The number of pyridine rings is 1. The van der Waals surface area contributed by atoms with Crippen LogP contribution >= 0.6 is 12.2 Å². The number of nitro groups is 1. The number of amides is 1. The first-order chi connectivity index (χ1) is 19.8. The smallest absolute Gasteiger partial charge is 0.457 e. The third kappa shape index (κ3) is 7.47. The third-order valence-electron chi connectivity index (χ3n) is 6.31. The van der Waals surface area contributed by atoms with E-state index < -0.39 is 28.9 Å². The molecule has 1 aliphatic rings. The molecule has 212 valence electrons. The van der Waals surface area contributed by atoms with Gasteiger partial charge in [0.2, 0.25) is 5.91 Å². The van der Waals surface area contributed by atoms with Crippen molar-refractivity contribution in [3.63, 3.8) is 0 Å². The second-order valence-corrected chi connectivity index (χ2v) is 9.46. The summed E-state index contributed by atoms with van der Waals surface area (Å²) in [6, 6.07) is 13.8. The number of esters is 1. The lowest BCUT2D eigenvalue weighted by molar-refractivity contribution is -0.384. The first kappa shape index (κ1) is 29.2. The molecule has 2 N–H and O–H groups in total. The van der Waals surface area contributed by atoms with Gasteiger partial charge in [0.15, 0.2) is 10.7 Å². The molecule has 2 atom stereocenters. The molecule has 3 aromatic rings. The summed E-state index contributed by atoms with van der Waals surface area (Å²) in [5.41, 5.74) is 1.17. The van der Waals surface area contributed by atoms with Crippen LogP contribution in [0.5, 0.6) is 0 Å². The molecule has 0 radical (unpaired) electrons. The van der Waals surface area contributed by atoms with Gasteiger partial charge in [0.1, 0.15) is 19.1 Å². The summed E-state index contributed by atoms with van der Waals surface area (Å²) in [6.45, 7) is 4.43. The minimum Gasteiger partial charge on any atom is -0.457 e. The molecule has 1 amide bonds. The van der Waals surface area contributed by atoms with Crippen LogP contribution in [0, 0.1) is 22.0 Å². The number of hydrogen-bond acceptors (Lipinski definition) is 11. The van der Waals surface area contributed by atoms with Crippen LogP contribution in [0.3, 0.4) is 0 Å². The number of fused-ring (bicyclic) bond motifs is 1. The van der Waals surface area contributed by atoms with Crippen LogP contribution in [0.25, 0.3) is 10.9 Å². The molecule has 12 nitrogen and oxygen atoms in total. The Morgan fingerprint density at radius 3 is 2.63 bits per heavy atom. The van der Waals surface area contributed by atoms with Crippen molar-refractivity contribution in [2.75, 3.05) is 25.0 Å². The van der Waals surface area contributed by atoms with Gasteiger partial charge >= 0.3 is 12.1 Å². The first-order valence-electron chi connectivity index (χ1n) is 12.6. The highest BCUT2D eigenvalue weighted by Crippen LogP contribution is 2.28. The number of nitrogens with one attached hydrogen (secondary N) is 2. The molecule has 4 rings (SSSR count). The lowest BCUT2D eigenvalue weighted by atomic mass is 9.91. The Labute approximate surface area is 239 Å². The van der Waals surface area contributed by atoms with Crippen LogP contribution < -0.4 is 10.6 Å². The molecule has 0 bridgehead atoms. The molecule has 2 aromatic carbocycles. The molecule has 1 fully saturated rings. The number of benzene rings is 2. The average molecular weight is 579 g/mol. The molecule has 0 saturated carbocycles. The van der Waals surface area contributed by atoms with Gasteiger partial charge in [-0.25, -0.2) is 14.6 Å². The Hall–Kier alpha value is -4.75. The fraction of sp³-hybridized carbons (Fsp3) is 0.250. The number of carbonyl (C=O) groups is 3. The fourth-order valence-corrected chi connectivity index (χ4v) is 4.68. The summed E-state index contributed by atoms with van der Waals surface area (Å²) in [6.07, 6.45) is 0.925. The maximum atomic E-state index is 13.6. The fourth-order valence-electron chi connectivity index (χ4n) is 4.31. The van der Waals surface area contributed by atoms with E-state index in [0.717, 1.165) is 0 Å². The van der Waals surface area contributed by atoms with E-state index in [2.05, 4.69) is 22.2 Å². The molecule has 13 heteroatoms. The Morgan fingerprint density at radius 2 is 1.95 bits per heavy atom. The summed E-state index contributed by atoms with van der Waals surface area (Å²) in [4.78, 5) is 53.2. The van der Waals surface area contributed by atoms with E-state index >= 15 is 0 Å². The van der Waals surface area contributed by atoms with Gasteiger partial charge in [0.05, 0.1) is 16.1 Å². The van der Waals surface area contributed by atoms with Crippen molar-refractivity contribution in [1.29, 1.82) is 0 Å². The van der Waals surface area contributed by atoms with E-state index in [4.69, 9.17) is 26.4 Å². The predicted molar refractivity (Wildman–Crippen MR) is 152 cm³/mol. The summed E-state index contributed by atoms with van der Waals surface area (Å²) in [7, 11) is 0. The van der Waals surface area contributed by atoms with E-state index in [1.165, 1.54) is 36.4 Å². The van der Waals surface area contributed by atoms with Crippen LogP contribution in [0.15, 0.2) is 67.3 Å². The Bertz CT molecular complexity index is 1490. The number of anilines is 1. The highest BCUT2D eigenvalue weighted by molar-refractivity contribution is 7.80. The van der Waals surface area contributed by atoms with Crippen LogP contribution in [0.4, 0.5) is 16.2 Å². The zero-order valence-corrected chi connectivity index (χ0v) is 22.6. The van der Waals surface area contributed by atoms with Crippen molar-refractivity contribution in [1.82, 2.24) is 10.3 Å². The zero-order valence-electron chi connectivity index (χ0n) is 21.7. The molecule has 1 saturated heterocycles. The maximum absolute atomic E-state index is 13.6. The summed E-state index contributed by atoms with van der Waals surface area (Å²) >= 11 is 5.39. The largest absolute Gasteiger partial charge is 0.514 e. The van der Waals surface area contributed by atoms with E-state index in [-0.39, 0.29) is 35.6 Å². The number of hydrogen-bond donors (Lipinski definition) is 2. The molecule has 0 aliphatic carbocycles. The van der Waals surface area contributed by atoms with Gasteiger partial charge in [-0.3, -0.25) is 14.9 Å². The lowest BCUT2D eigenvalue weighted by Crippen LogP contribution is -2.38. The van der Waals surface area contributed by atoms with E-state index in [0.29, 0.717) is 41.7 Å². The highest BCUT2D eigenvalue weighted by Gasteiger charge is 2.37.